The molecule has 1 saturated carbocycles. The minimum Gasteiger partial charge on any atom is -0.508 e. The van der Waals surface area contributed by atoms with E-state index in [9.17, 15) is 24.3 Å². The van der Waals surface area contributed by atoms with E-state index in [0.717, 1.165) is 9.80 Å². The molecule has 4 aliphatic rings. The molecule has 0 spiro atoms. The molecule has 2 aliphatic carbocycles. The molecule has 6 unspecified atom stereocenters. The minimum atomic E-state index is -1.96. The molecule has 2 aliphatic heterocycles. The van der Waals surface area contributed by atoms with Gasteiger partial charge in [-0.25, -0.2) is 0 Å². The smallest absolute Gasteiger partial charge is 0.254 e. The molecule has 1 aromatic rings. The van der Waals surface area contributed by atoms with E-state index < -0.39 is 45.2 Å². The number of halogens is 4. The van der Waals surface area contributed by atoms with Gasteiger partial charge in [0.05, 0.1) is 17.3 Å². The van der Waals surface area contributed by atoms with Crippen molar-refractivity contribution in [1.82, 2.24) is 9.80 Å². The highest BCUT2D eigenvalue weighted by Gasteiger charge is 2.76. The zero-order chi connectivity index (χ0) is 24.0. The molecule has 33 heavy (non-hydrogen) atoms. The van der Waals surface area contributed by atoms with Crippen LogP contribution < -0.4 is 0 Å². The van der Waals surface area contributed by atoms with Crippen molar-refractivity contribution in [2.24, 2.45) is 17.8 Å². The maximum absolute atomic E-state index is 13.5. The fraction of sp³-hybridized carbons (Fsp3) is 0.455. The average Bonchev–Trinajstić information content (AvgIpc) is 3.08. The molecule has 0 aromatic heterocycles. The Morgan fingerprint density at radius 1 is 1.12 bits per heavy atom. The summed E-state index contributed by atoms with van der Waals surface area (Å²) in [6.45, 7) is 0. The second-order valence-corrected chi connectivity index (χ2v) is 11.1. The highest BCUT2D eigenvalue weighted by Crippen LogP contribution is 2.66. The third-order valence-electron chi connectivity index (χ3n) is 7.54. The van der Waals surface area contributed by atoms with Gasteiger partial charge in [-0.05, 0) is 37.0 Å². The monoisotopic (exact) mass is 574 g/mol. The number of amides is 4. The topological polar surface area (TPSA) is 95.0 Å². The summed E-state index contributed by atoms with van der Waals surface area (Å²) >= 11 is 23.5. The van der Waals surface area contributed by atoms with Gasteiger partial charge in [0.2, 0.25) is 11.8 Å². The normalized spacial score (nSPS) is 37.8. The molecule has 174 valence electrons. The Bertz CT molecular complexity index is 1170. The van der Waals surface area contributed by atoms with Crippen molar-refractivity contribution in [2.75, 3.05) is 12.5 Å². The second kappa shape index (κ2) is 7.44. The van der Waals surface area contributed by atoms with E-state index in [0.29, 0.717) is 10.6 Å². The van der Waals surface area contributed by atoms with Gasteiger partial charge in [0, 0.05) is 23.6 Å². The molecule has 2 heterocycles. The molecule has 7 nitrogen and oxygen atoms in total. The Morgan fingerprint density at radius 3 is 2.48 bits per heavy atom. The van der Waals surface area contributed by atoms with Crippen molar-refractivity contribution < 1.29 is 24.3 Å². The highest BCUT2D eigenvalue weighted by atomic mass is 79.9. The van der Waals surface area contributed by atoms with Crippen molar-refractivity contribution in [3.8, 4) is 5.75 Å². The fourth-order valence-electron chi connectivity index (χ4n) is 6.01. The molecule has 5 rings (SSSR count). The number of nitrogens with zero attached hydrogens (tertiary/aromatic N) is 2. The van der Waals surface area contributed by atoms with Crippen LogP contribution in [0.4, 0.5) is 0 Å². The van der Waals surface area contributed by atoms with Crippen LogP contribution in [0.15, 0.2) is 29.8 Å². The number of hydrogen-bond donors (Lipinski definition) is 1. The number of carbonyl (C=O) groups is 4. The van der Waals surface area contributed by atoms with Crippen LogP contribution in [0.2, 0.25) is 5.02 Å². The molecule has 1 aromatic carbocycles. The number of benzene rings is 1. The Morgan fingerprint density at radius 2 is 1.82 bits per heavy atom. The van der Waals surface area contributed by atoms with Gasteiger partial charge in [0.25, 0.3) is 11.8 Å². The van der Waals surface area contributed by atoms with Crippen molar-refractivity contribution in [3.05, 3.63) is 40.4 Å². The number of rotatable bonds is 2. The third-order valence-corrected chi connectivity index (χ3v) is 9.69. The third kappa shape index (κ3) is 2.75. The van der Waals surface area contributed by atoms with E-state index in [4.69, 9.17) is 34.8 Å². The molecule has 0 bridgehead atoms. The van der Waals surface area contributed by atoms with Gasteiger partial charge in [-0.2, -0.15) is 0 Å². The number of likely N-dealkylation sites (tertiary alicyclic amines) is 2. The van der Waals surface area contributed by atoms with Crippen molar-refractivity contribution in [3.63, 3.8) is 0 Å². The van der Waals surface area contributed by atoms with Crippen LogP contribution in [-0.4, -0.2) is 60.8 Å². The van der Waals surface area contributed by atoms with Gasteiger partial charge in [0.1, 0.15) is 5.75 Å². The summed E-state index contributed by atoms with van der Waals surface area (Å²) in [4.78, 5) is 50.9. The largest absolute Gasteiger partial charge is 0.508 e. The maximum atomic E-state index is 13.5. The molecule has 4 amide bonds. The van der Waals surface area contributed by atoms with Crippen LogP contribution in [0, 0.1) is 17.8 Å². The quantitative estimate of drug-likeness (QED) is 0.252. The number of alkyl halides is 3. The van der Waals surface area contributed by atoms with Crippen molar-refractivity contribution in [2.45, 2.75) is 28.5 Å². The fourth-order valence-corrected chi connectivity index (χ4v) is 7.61. The van der Waals surface area contributed by atoms with E-state index >= 15 is 0 Å². The molecule has 2 saturated heterocycles. The van der Waals surface area contributed by atoms with E-state index in [2.05, 4.69) is 15.9 Å². The lowest BCUT2D eigenvalue weighted by Gasteiger charge is -2.50. The number of hydrogen-bond acceptors (Lipinski definition) is 5. The van der Waals surface area contributed by atoms with E-state index in [1.54, 1.807) is 6.08 Å². The molecular weight excluding hydrogens is 559 g/mol. The summed E-state index contributed by atoms with van der Waals surface area (Å²) in [6.07, 6.45) is 1.98. The Balaban J connectivity index is 1.78. The molecule has 3 fully saturated rings. The summed E-state index contributed by atoms with van der Waals surface area (Å²) in [5, 5.41) is 11.1. The van der Waals surface area contributed by atoms with E-state index in [1.807, 2.05) is 0 Å². The van der Waals surface area contributed by atoms with Crippen molar-refractivity contribution in [1.29, 1.82) is 0 Å². The predicted molar refractivity (Wildman–Crippen MR) is 124 cm³/mol. The summed E-state index contributed by atoms with van der Waals surface area (Å²) < 4.78 is 0. The molecule has 11 heteroatoms. The van der Waals surface area contributed by atoms with Crippen LogP contribution in [0.5, 0.6) is 5.75 Å². The summed E-state index contributed by atoms with van der Waals surface area (Å²) in [6, 6.07) is 4.35. The van der Waals surface area contributed by atoms with E-state index in [1.165, 1.54) is 25.2 Å². The lowest BCUT2D eigenvalue weighted by Crippen LogP contribution is -2.60. The van der Waals surface area contributed by atoms with Crippen LogP contribution in [0.25, 0.3) is 0 Å². The molecule has 6 atom stereocenters. The predicted octanol–water partition coefficient (Wildman–Crippen LogP) is 3.39. The van der Waals surface area contributed by atoms with Gasteiger partial charge in [-0.3, -0.25) is 29.0 Å². The first-order valence-electron chi connectivity index (χ1n) is 10.3. The van der Waals surface area contributed by atoms with Gasteiger partial charge in [-0.15, -0.1) is 23.2 Å². The second-order valence-electron chi connectivity index (χ2n) is 8.93. The lowest BCUT2D eigenvalue weighted by molar-refractivity contribution is -0.140. The van der Waals surface area contributed by atoms with Gasteiger partial charge in [0.15, 0.2) is 9.75 Å². The zero-order valence-corrected chi connectivity index (χ0v) is 21.1. The van der Waals surface area contributed by atoms with E-state index in [-0.39, 0.29) is 41.4 Å². The summed E-state index contributed by atoms with van der Waals surface area (Å²) in [5.41, 5.74) is 0.728. The van der Waals surface area contributed by atoms with Crippen LogP contribution >= 0.6 is 50.7 Å². The molecule has 0 radical (unpaired) electrons. The SMILES string of the molecule is CN1C(=O)C2CC=C3C(CC4(Cl)C(=O)N(CBr)C(=O)C4(Cl)C3c3cc(Cl)ccc3O)C2C1=O. The van der Waals surface area contributed by atoms with Crippen LogP contribution in [-0.2, 0) is 19.2 Å². The van der Waals surface area contributed by atoms with Gasteiger partial charge >= 0.3 is 0 Å². The Labute approximate surface area is 212 Å². The zero-order valence-electron chi connectivity index (χ0n) is 17.2. The standard InChI is InChI=1S/C22H18BrCl3N2O5/c1-27-17(30)11-4-3-10-13(15(11)18(27)31)7-21(25)19(32)28(8-23)20(33)22(21,26)16(10)12-6-9(24)2-5-14(12)29/h2-3,5-6,11,13,15-16,29H,4,7-8H2,1H3. The Kier molecular flexibility index (Phi) is 5.22. The first-order chi connectivity index (χ1) is 15.5. The average molecular weight is 577 g/mol. The van der Waals surface area contributed by atoms with Crippen LogP contribution in [0.3, 0.4) is 0 Å². The Hall–Kier alpha value is -1.61. The number of aromatic hydroxyl groups is 1. The number of phenolic OH excluding ortho intramolecular Hbond substituents is 1. The summed E-state index contributed by atoms with van der Waals surface area (Å²) in [7, 11) is 1.44. The first-order valence-corrected chi connectivity index (χ1v) is 12.5. The highest BCUT2D eigenvalue weighted by molar-refractivity contribution is 9.09. The van der Waals surface area contributed by atoms with Crippen molar-refractivity contribution >= 4 is 74.4 Å². The van der Waals surface area contributed by atoms with Gasteiger partial charge < -0.3 is 5.11 Å². The first kappa shape index (κ1) is 23.1. The van der Waals surface area contributed by atoms with Gasteiger partial charge in [-0.1, -0.05) is 39.2 Å². The lowest BCUT2D eigenvalue weighted by atomic mass is 9.56. The maximum Gasteiger partial charge on any atom is 0.254 e. The molecular formula is C22H18BrCl3N2O5. The number of allylic oxidation sites excluding steroid dienone is 2. The number of fused-ring (bicyclic) bond motifs is 4. The summed E-state index contributed by atoms with van der Waals surface area (Å²) in [5.74, 6) is -5.16. The van der Waals surface area contributed by atoms with Crippen LogP contribution in [0.1, 0.15) is 24.3 Å². The minimum absolute atomic E-state index is 0.0934. The number of imide groups is 2. The number of phenols is 1. The molecule has 1 N–H and O–H groups in total. The number of carbonyl (C=O) groups excluding carboxylic acids is 4.